The van der Waals surface area contributed by atoms with E-state index in [9.17, 15) is 5.11 Å². The average Bonchev–Trinajstić information content (AvgIpc) is 2.45. The minimum Gasteiger partial charge on any atom is -0.493 e. The van der Waals surface area contributed by atoms with Gasteiger partial charge in [0.2, 0.25) is 0 Å². The Kier molecular flexibility index (Phi) is 8.12. The lowest BCUT2D eigenvalue weighted by Crippen LogP contribution is -2.14. The maximum Gasteiger partial charge on any atom is 0.197 e. The fourth-order valence-electron chi connectivity index (χ4n) is 2.22. The summed E-state index contributed by atoms with van der Waals surface area (Å²) >= 11 is 0. The normalized spacial score (nSPS) is 12.4. The highest BCUT2D eigenvalue weighted by Gasteiger charge is 2.09. The quantitative estimate of drug-likeness (QED) is 0.646. The zero-order valence-corrected chi connectivity index (χ0v) is 13.0. The van der Waals surface area contributed by atoms with Crippen LogP contribution in [-0.2, 0) is 0 Å². The molecular weight excluding hydrogens is 252 g/mol. The Morgan fingerprint density at radius 1 is 1.05 bits per heavy atom. The summed E-state index contributed by atoms with van der Waals surface area (Å²) in [6.45, 7) is 7.05. The lowest BCUT2D eigenvalue weighted by atomic mass is 9.99. The summed E-state index contributed by atoms with van der Waals surface area (Å²) in [6, 6.07) is 7.50. The molecule has 1 aromatic rings. The molecule has 0 saturated heterocycles. The minimum absolute atomic E-state index is 0.570. The van der Waals surface area contributed by atoms with Crippen molar-refractivity contribution >= 4 is 0 Å². The maximum atomic E-state index is 9.50. The number of benzene rings is 1. The SMILES string of the molecule is CCCC(CCC)COc1cccc(O[C@@H](O)CC)c1. The Labute approximate surface area is 122 Å². The molecule has 3 heteroatoms. The number of hydrogen-bond donors (Lipinski definition) is 1. The summed E-state index contributed by atoms with van der Waals surface area (Å²) in [7, 11) is 0. The number of rotatable bonds is 10. The van der Waals surface area contributed by atoms with Gasteiger partial charge in [-0.15, -0.1) is 0 Å². The van der Waals surface area contributed by atoms with Gasteiger partial charge in [-0.1, -0.05) is 39.7 Å². The van der Waals surface area contributed by atoms with E-state index in [1.807, 2.05) is 31.2 Å². The molecule has 20 heavy (non-hydrogen) atoms. The smallest absolute Gasteiger partial charge is 0.197 e. The van der Waals surface area contributed by atoms with Crippen molar-refractivity contribution in [2.75, 3.05) is 6.61 Å². The maximum absolute atomic E-state index is 9.50. The van der Waals surface area contributed by atoms with Crippen molar-refractivity contribution in [3.8, 4) is 11.5 Å². The fourth-order valence-corrected chi connectivity index (χ4v) is 2.22. The molecule has 0 aliphatic carbocycles. The van der Waals surface area contributed by atoms with Crippen molar-refractivity contribution in [3.63, 3.8) is 0 Å². The molecule has 0 fully saturated rings. The van der Waals surface area contributed by atoms with E-state index in [-0.39, 0.29) is 0 Å². The summed E-state index contributed by atoms with van der Waals surface area (Å²) < 4.78 is 11.2. The predicted octanol–water partition coefficient (Wildman–Crippen LogP) is 4.39. The van der Waals surface area contributed by atoms with Crippen molar-refractivity contribution in [2.45, 2.75) is 59.2 Å². The molecular formula is C17H28O3. The van der Waals surface area contributed by atoms with Gasteiger partial charge in [-0.05, 0) is 30.9 Å². The Bertz CT molecular complexity index is 359. The van der Waals surface area contributed by atoms with Crippen molar-refractivity contribution in [2.24, 2.45) is 5.92 Å². The van der Waals surface area contributed by atoms with E-state index in [0.717, 1.165) is 12.4 Å². The third-order valence-corrected chi connectivity index (χ3v) is 3.31. The van der Waals surface area contributed by atoms with Gasteiger partial charge in [0, 0.05) is 12.5 Å². The van der Waals surface area contributed by atoms with Gasteiger partial charge in [0.05, 0.1) is 6.61 Å². The predicted molar refractivity (Wildman–Crippen MR) is 82.2 cm³/mol. The number of aliphatic hydroxyl groups is 1. The molecule has 0 unspecified atom stereocenters. The van der Waals surface area contributed by atoms with Crippen LogP contribution in [-0.4, -0.2) is 18.0 Å². The first-order valence-corrected chi connectivity index (χ1v) is 7.77. The van der Waals surface area contributed by atoms with Gasteiger partial charge < -0.3 is 14.6 Å². The highest BCUT2D eigenvalue weighted by atomic mass is 16.6. The highest BCUT2D eigenvalue weighted by Crippen LogP contribution is 2.22. The van der Waals surface area contributed by atoms with Crippen LogP contribution in [0.1, 0.15) is 52.9 Å². The molecule has 0 spiro atoms. The molecule has 3 nitrogen and oxygen atoms in total. The van der Waals surface area contributed by atoms with Gasteiger partial charge in [-0.25, -0.2) is 0 Å². The first-order chi connectivity index (χ1) is 9.69. The third-order valence-electron chi connectivity index (χ3n) is 3.31. The van der Waals surface area contributed by atoms with Gasteiger partial charge in [-0.3, -0.25) is 0 Å². The Morgan fingerprint density at radius 3 is 2.30 bits per heavy atom. The topological polar surface area (TPSA) is 38.7 Å². The molecule has 1 rings (SSSR count). The summed E-state index contributed by atoms with van der Waals surface area (Å²) in [6.07, 6.45) is 4.62. The molecule has 0 aliphatic heterocycles. The van der Waals surface area contributed by atoms with Crippen molar-refractivity contribution in [1.29, 1.82) is 0 Å². The molecule has 0 aromatic heterocycles. The van der Waals surface area contributed by atoms with E-state index in [0.29, 0.717) is 18.1 Å². The van der Waals surface area contributed by atoms with Crippen LogP contribution in [0.4, 0.5) is 0 Å². The zero-order chi connectivity index (χ0) is 14.8. The monoisotopic (exact) mass is 280 g/mol. The van der Waals surface area contributed by atoms with Gasteiger partial charge in [-0.2, -0.15) is 0 Å². The summed E-state index contributed by atoms with van der Waals surface area (Å²) in [5.74, 6) is 2.08. The van der Waals surface area contributed by atoms with Gasteiger partial charge in [0.15, 0.2) is 6.29 Å². The van der Waals surface area contributed by atoms with E-state index in [1.165, 1.54) is 25.7 Å². The molecule has 0 amide bonds. The van der Waals surface area contributed by atoms with Crippen LogP contribution in [0, 0.1) is 5.92 Å². The number of aliphatic hydroxyl groups excluding tert-OH is 1. The Hall–Kier alpha value is -1.22. The number of ether oxygens (including phenoxy) is 2. The van der Waals surface area contributed by atoms with E-state index in [1.54, 1.807) is 0 Å². The molecule has 114 valence electrons. The van der Waals surface area contributed by atoms with Gasteiger partial charge >= 0.3 is 0 Å². The molecule has 0 bridgehead atoms. The summed E-state index contributed by atoms with van der Waals surface area (Å²) in [4.78, 5) is 0. The van der Waals surface area contributed by atoms with E-state index < -0.39 is 6.29 Å². The van der Waals surface area contributed by atoms with Crippen LogP contribution in [0.3, 0.4) is 0 Å². The van der Waals surface area contributed by atoms with Crippen molar-refractivity contribution in [3.05, 3.63) is 24.3 Å². The summed E-state index contributed by atoms with van der Waals surface area (Å²) in [5.41, 5.74) is 0. The van der Waals surface area contributed by atoms with Gasteiger partial charge in [0.25, 0.3) is 0 Å². The molecule has 1 atom stereocenters. The van der Waals surface area contributed by atoms with E-state index in [2.05, 4.69) is 13.8 Å². The lowest BCUT2D eigenvalue weighted by Gasteiger charge is -2.17. The fraction of sp³-hybridized carbons (Fsp3) is 0.647. The van der Waals surface area contributed by atoms with Crippen molar-refractivity contribution in [1.82, 2.24) is 0 Å². The Balaban J connectivity index is 2.52. The first kappa shape index (κ1) is 16.8. The van der Waals surface area contributed by atoms with Crippen LogP contribution >= 0.6 is 0 Å². The molecule has 0 radical (unpaired) electrons. The second-order valence-electron chi connectivity index (χ2n) is 5.21. The highest BCUT2D eigenvalue weighted by molar-refractivity contribution is 5.33. The minimum atomic E-state index is -0.752. The molecule has 0 aliphatic rings. The van der Waals surface area contributed by atoms with E-state index in [4.69, 9.17) is 9.47 Å². The van der Waals surface area contributed by atoms with Crippen LogP contribution in [0.15, 0.2) is 24.3 Å². The Morgan fingerprint density at radius 2 is 1.70 bits per heavy atom. The standard InChI is InChI=1S/C17H28O3/c1-4-8-14(9-5-2)13-19-15-10-7-11-16(12-15)20-17(18)6-3/h7,10-12,14,17-18H,4-6,8-9,13H2,1-3H3/t17-/m1/s1. The molecule has 0 heterocycles. The van der Waals surface area contributed by atoms with Crippen LogP contribution in [0.5, 0.6) is 11.5 Å². The lowest BCUT2D eigenvalue weighted by molar-refractivity contribution is -0.0192. The first-order valence-electron chi connectivity index (χ1n) is 7.77. The molecule has 1 aromatic carbocycles. The second kappa shape index (κ2) is 9.65. The van der Waals surface area contributed by atoms with Crippen molar-refractivity contribution < 1.29 is 14.6 Å². The molecule has 1 N–H and O–H groups in total. The number of hydrogen-bond acceptors (Lipinski definition) is 3. The van der Waals surface area contributed by atoms with Gasteiger partial charge in [0.1, 0.15) is 11.5 Å². The van der Waals surface area contributed by atoms with E-state index >= 15 is 0 Å². The zero-order valence-electron chi connectivity index (χ0n) is 13.0. The average molecular weight is 280 g/mol. The summed E-state index contributed by atoms with van der Waals surface area (Å²) in [5, 5.41) is 9.50. The van der Waals surface area contributed by atoms with Crippen LogP contribution in [0.25, 0.3) is 0 Å². The third kappa shape index (κ3) is 6.29. The van der Waals surface area contributed by atoms with Crippen LogP contribution < -0.4 is 9.47 Å². The van der Waals surface area contributed by atoms with Crippen LogP contribution in [0.2, 0.25) is 0 Å². The molecule has 0 saturated carbocycles. The largest absolute Gasteiger partial charge is 0.493 e. The second-order valence-corrected chi connectivity index (χ2v) is 5.21.